The first kappa shape index (κ1) is 14.1. The molecule has 0 aromatic heterocycles. The maximum absolute atomic E-state index is 13.2. The van der Waals surface area contributed by atoms with Crippen molar-refractivity contribution < 1.29 is 8.78 Å². The van der Waals surface area contributed by atoms with Gasteiger partial charge in [0.05, 0.1) is 0 Å². The van der Waals surface area contributed by atoms with Gasteiger partial charge in [-0.1, -0.05) is 13.0 Å². The molecule has 0 aliphatic carbocycles. The zero-order valence-electron chi connectivity index (χ0n) is 10.8. The van der Waals surface area contributed by atoms with E-state index in [2.05, 4.69) is 0 Å². The first-order valence-corrected chi connectivity index (χ1v) is 5.71. The third kappa shape index (κ3) is 2.64. The topological polar surface area (TPSA) is 29.3 Å². The molecule has 0 aliphatic heterocycles. The molecular formula is C13H20F2N2. The van der Waals surface area contributed by atoms with Crippen molar-refractivity contribution in [2.24, 2.45) is 5.73 Å². The van der Waals surface area contributed by atoms with E-state index in [9.17, 15) is 8.78 Å². The Morgan fingerprint density at radius 1 is 1.29 bits per heavy atom. The van der Waals surface area contributed by atoms with Gasteiger partial charge < -0.3 is 10.6 Å². The molecule has 1 aromatic carbocycles. The molecule has 0 saturated carbocycles. The van der Waals surface area contributed by atoms with E-state index in [0.717, 1.165) is 12.5 Å². The fourth-order valence-corrected chi connectivity index (χ4v) is 1.88. The van der Waals surface area contributed by atoms with Gasteiger partial charge in [0.25, 0.3) is 0 Å². The van der Waals surface area contributed by atoms with E-state index in [1.807, 2.05) is 32.8 Å². The molecule has 1 aromatic rings. The minimum atomic E-state index is -0.852. The van der Waals surface area contributed by atoms with Crippen molar-refractivity contribution in [3.63, 3.8) is 0 Å². The lowest BCUT2D eigenvalue weighted by Crippen LogP contribution is -2.49. The number of benzene rings is 1. The van der Waals surface area contributed by atoms with Crippen molar-refractivity contribution in [2.75, 3.05) is 14.1 Å². The molecule has 2 N–H and O–H groups in total. The minimum absolute atomic E-state index is 0.287. The SMILES string of the molecule is CCC(C)(C(N)c1ccc(F)c(F)c1)N(C)C. The molecule has 2 unspecified atom stereocenters. The number of likely N-dealkylation sites (N-methyl/N-ethyl adjacent to an activating group) is 1. The maximum Gasteiger partial charge on any atom is 0.159 e. The third-order valence-electron chi connectivity index (χ3n) is 3.71. The predicted molar refractivity (Wildman–Crippen MR) is 65.7 cm³/mol. The van der Waals surface area contributed by atoms with Crippen LogP contribution in [0.5, 0.6) is 0 Å². The monoisotopic (exact) mass is 242 g/mol. The van der Waals surface area contributed by atoms with Gasteiger partial charge in [-0.3, -0.25) is 0 Å². The maximum atomic E-state index is 13.2. The van der Waals surface area contributed by atoms with E-state index in [0.29, 0.717) is 5.56 Å². The number of hydrogen-bond donors (Lipinski definition) is 1. The fraction of sp³-hybridized carbons (Fsp3) is 0.538. The summed E-state index contributed by atoms with van der Waals surface area (Å²) in [6.45, 7) is 4.04. The lowest BCUT2D eigenvalue weighted by Gasteiger charge is -2.41. The highest BCUT2D eigenvalue weighted by Gasteiger charge is 2.33. The molecule has 0 fully saturated rings. The second-order valence-electron chi connectivity index (χ2n) is 4.76. The van der Waals surface area contributed by atoms with Gasteiger partial charge in [0.15, 0.2) is 11.6 Å². The van der Waals surface area contributed by atoms with Crippen LogP contribution in [0.4, 0.5) is 8.78 Å². The van der Waals surface area contributed by atoms with E-state index >= 15 is 0 Å². The second kappa shape index (κ2) is 5.10. The summed E-state index contributed by atoms with van der Waals surface area (Å²) in [5.41, 5.74) is 6.50. The number of nitrogens with zero attached hydrogens (tertiary/aromatic N) is 1. The Labute approximate surface area is 101 Å². The summed E-state index contributed by atoms with van der Waals surface area (Å²) in [4.78, 5) is 2.01. The number of hydrogen-bond acceptors (Lipinski definition) is 2. The number of rotatable bonds is 4. The van der Waals surface area contributed by atoms with E-state index in [4.69, 9.17) is 5.73 Å². The molecule has 0 spiro atoms. The lowest BCUT2D eigenvalue weighted by atomic mass is 9.84. The van der Waals surface area contributed by atoms with Gasteiger partial charge in [-0.05, 0) is 45.1 Å². The summed E-state index contributed by atoms with van der Waals surface area (Å²) in [5, 5.41) is 0. The van der Waals surface area contributed by atoms with Gasteiger partial charge in [0.1, 0.15) is 0 Å². The molecule has 0 saturated heterocycles. The second-order valence-corrected chi connectivity index (χ2v) is 4.76. The molecule has 17 heavy (non-hydrogen) atoms. The number of halogens is 2. The first-order chi connectivity index (χ1) is 7.82. The highest BCUT2D eigenvalue weighted by molar-refractivity contribution is 5.24. The highest BCUT2D eigenvalue weighted by atomic mass is 19.2. The van der Waals surface area contributed by atoms with Crippen molar-refractivity contribution in [3.8, 4) is 0 Å². The van der Waals surface area contributed by atoms with Crippen LogP contribution in [0.15, 0.2) is 18.2 Å². The summed E-state index contributed by atoms with van der Waals surface area (Å²) >= 11 is 0. The average molecular weight is 242 g/mol. The molecule has 2 nitrogen and oxygen atoms in total. The first-order valence-electron chi connectivity index (χ1n) is 5.71. The lowest BCUT2D eigenvalue weighted by molar-refractivity contribution is 0.132. The van der Waals surface area contributed by atoms with E-state index in [-0.39, 0.29) is 11.6 Å². The van der Waals surface area contributed by atoms with Crippen LogP contribution in [0.1, 0.15) is 31.9 Å². The van der Waals surface area contributed by atoms with Crippen molar-refractivity contribution in [1.82, 2.24) is 4.90 Å². The Morgan fingerprint density at radius 3 is 2.29 bits per heavy atom. The number of nitrogens with two attached hydrogens (primary N) is 1. The Hall–Kier alpha value is -1.00. The average Bonchev–Trinajstić information content (AvgIpc) is 2.30. The Bertz CT molecular complexity index is 393. The third-order valence-corrected chi connectivity index (χ3v) is 3.71. The summed E-state index contributed by atoms with van der Waals surface area (Å²) < 4.78 is 26.1. The van der Waals surface area contributed by atoms with Crippen LogP contribution in [-0.4, -0.2) is 24.5 Å². The van der Waals surface area contributed by atoms with Gasteiger partial charge in [0, 0.05) is 11.6 Å². The van der Waals surface area contributed by atoms with E-state index < -0.39 is 11.6 Å². The molecule has 0 aliphatic rings. The fourth-order valence-electron chi connectivity index (χ4n) is 1.88. The molecular weight excluding hydrogens is 222 g/mol. The summed E-state index contributed by atoms with van der Waals surface area (Å²) in [6, 6.07) is 3.48. The standard InChI is InChI=1S/C13H20F2N2/c1-5-13(2,17(3)4)12(16)9-6-7-10(14)11(15)8-9/h6-8,12H,5,16H2,1-4H3. The van der Waals surface area contributed by atoms with Crippen LogP contribution >= 0.6 is 0 Å². The molecule has 0 heterocycles. The highest BCUT2D eigenvalue weighted by Crippen LogP contribution is 2.31. The van der Waals surface area contributed by atoms with Gasteiger partial charge in [-0.15, -0.1) is 0 Å². The van der Waals surface area contributed by atoms with Crippen LogP contribution in [0, 0.1) is 11.6 Å². The normalized spacial score (nSPS) is 16.9. The minimum Gasteiger partial charge on any atom is -0.322 e. The van der Waals surface area contributed by atoms with Crippen molar-refractivity contribution in [2.45, 2.75) is 31.8 Å². The summed E-state index contributed by atoms with van der Waals surface area (Å²) in [7, 11) is 3.87. The van der Waals surface area contributed by atoms with Crippen LogP contribution < -0.4 is 5.73 Å². The van der Waals surface area contributed by atoms with Crippen molar-refractivity contribution in [1.29, 1.82) is 0 Å². The zero-order chi connectivity index (χ0) is 13.2. The van der Waals surface area contributed by atoms with Crippen LogP contribution in [0.2, 0.25) is 0 Å². The molecule has 96 valence electrons. The van der Waals surface area contributed by atoms with Crippen molar-refractivity contribution >= 4 is 0 Å². The molecule has 0 radical (unpaired) electrons. The van der Waals surface area contributed by atoms with E-state index in [1.54, 1.807) is 6.07 Å². The van der Waals surface area contributed by atoms with Gasteiger partial charge in [-0.25, -0.2) is 8.78 Å². The zero-order valence-corrected chi connectivity index (χ0v) is 10.8. The Kier molecular flexibility index (Phi) is 4.22. The Morgan fingerprint density at radius 2 is 1.88 bits per heavy atom. The smallest absolute Gasteiger partial charge is 0.159 e. The van der Waals surface area contributed by atoms with Crippen LogP contribution in [0.3, 0.4) is 0 Å². The Balaban J connectivity index is 3.10. The molecule has 4 heteroatoms. The van der Waals surface area contributed by atoms with Gasteiger partial charge >= 0.3 is 0 Å². The summed E-state index contributed by atoms with van der Waals surface area (Å²) in [6.07, 6.45) is 0.820. The quantitative estimate of drug-likeness (QED) is 0.879. The van der Waals surface area contributed by atoms with Crippen LogP contribution in [-0.2, 0) is 0 Å². The molecule has 1 rings (SSSR count). The molecule has 2 atom stereocenters. The van der Waals surface area contributed by atoms with E-state index in [1.165, 1.54) is 6.07 Å². The van der Waals surface area contributed by atoms with Crippen molar-refractivity contribution in [3.05, 3.63) is 35.4 Å². The molecule has 0 bridgehead atoms. The van der Waals surface area contributed by atoms with Crippen LogP contribution in [0.25, 0.3) is 0 Å². The van der Waals surface area contributed by atoms with Gasteiger partial charge in [-0.2, -0.15) is 0 Å². The predicted octanol–water partition coefficient (Wildman–Crippen LogP) is 2.69. The molecule has 0 amide bonds. The van der Waals surface area contributed by atoms with Gasteiger partial charge in [0.2, 0.25) is 0 Å². The summed E-state index contributed by atoms with van der Waals surface area (Å²) in [5.74, 6) is -1.70. The largest absolute Gasteiger partial charge is 0.322 e.